The van der Waals surface area contributed by atoms with Crippen LogP contribution in [0.15, 0.2) is 30.5 Å². The fraction of sp³-hybridized carbons (Fsp3) is 0.263. The van der Waals surface area contributed by atoms with E-state index in [0.717, 1.165) is 0 Å². The Balaban J connectivity index is 1.98. The first kappa shape index (κ1) is 24.4. The fourth-order valence-corrected chi connectivity index (χ4v) is 2.92. The first-order valence-corrected chi connectivity index (χ1v) is 9.73. The van der Waals surface area contributed by atoms with Crippen LogP contribution in [0.2, 0.25) is 5.02 Å². The number of piperazine rings is 1. The van der Waals surface area contributed by atoms with Crippen molar-refractivity contribution in [1.29, 1.82) is 0 Å². The molecule has 3 rings (SSSR count). The number of nitrogens with zero attached hydrogens (tertiary/aromatic N) is 1. The van der Waals surface area contributed by atoms with Gasteiger partial charge >= 0.3 is 12.1 Å². The fourth-order valence-electron chi connectivity index (χ4n) is 2.81. The molecule has 0 spiro atoms. The Kier molecular flexibility index (Phi) is 7.46. The second-order valence-electron chi connectivity index (χ2n) is 6.73. The molecule has 0 bridgehead atoms. The van der Waals surface area contributed by atoms with Crippen LogP contribution in [0.3, 0.4) is 0 Å². The number of aromatic nitrogens is 1. The summed E-state index contributed by atoms with van der Waals surface area (Å²) >= 11 is 5.72. The minimum atomic E-state index is -5.40. The highest BCUT2D eigenvalue weighted by atomic mass is 35.5. The van der Waals surface area contributed by atoms with Crippen LogP contribution in [-0.2, 0) is 9.59 Å². The summed E-state index contributed by atoms with van der Waals surface area (Å²) in [5.41, 5.74) is -1.23. The van der Waals surface area contributed by atoms with Gasteiger partial charge in [0.25, 0.3) is 5.91 Å². The molecule has 2 heterocycles. The molecule has 176 valence electrons. The molecule has 1 aromatic carbocycles. The Morgan fingerprint density at radius 3 is 2.52 bits per heavy atom. The average molecular weight is 490 g/mol. The molecule has 1 fully saturated rings. The van der Waals surface area contributed by atoms with Gasteiger partial charge in [-0.2, -0.15) is 13.2 Å². The highest BCUT2D eigenvalue weighted by Gasteiger charge is 2.42. The highest BCUT2D eigenvalue weighted by molar-refractivity contribution is 6.30. The number of hydrogen-bond donors (Lipinski definition) is 4. The molecule has 4 N–H and O–H groups in total. The zero-order chi connectivity index (χ0) is 24.2. The predicted molar refractivity (Wildman–Crippen MR) is 109 cm³/mol. The largest absolute Gasteiger partial charge is 0.491 e. The van der Waals surface area contributed by atoms with E-state index >= 15 is 0 Å². The molecule has 2 amide bonds. The number of nitrogens with one attached hydrogen (secondary N) is 4. The summed E-state index contributed by atoms with van der Waals surface area (Å²) in [6, 6.07) is 3.02. The van der Waals surface area contributed by atoms with Crippen molar-refractivity contribution in [2.75, 3.05) is 30.3 Å². The number of pyridine rings is 1. The van der Waals surface area contributed by atoms with Crippen molar-refractivity contribution < 1.29 is 36.7 Å². The van der Waals surface area contributed by atoms with Crippen molar-refractivity contribution in [3.8, 4) is 5.75 Å². The molecular weight excluding hydrogens is 474 g/mol. The zero-order valence-corrected chi connectivity index (χ0v) is 17.3. The number of halogens is 5. The smallest absolute Gasteiger partial charge is 0.417 e. The van der Waals surface area contributed by atoms with Gasteiger partial charge in [0.05, 0.1) is 22.3 Å². The number of benzene rings is 1. The predicted octanol–water partition coefficient (Wildman–Crippen LogP) is 2.09. The van der Waals surface area contributed by atoms with Gasteiger partial charge in [0.1, 0.15) is 11.6 Å². The lowest BCUT2D eigenvalue weighted by molar-refractivity contribution is -0.189. The minimum absolute atomic E-state index is 0.0158. The van der Waals surface area contributed by atoms with Crippen molar-refractivity contribution >= 4 is 40.9 Å². The molecular formula is C19H16ClF4N5O4. The Morgan fingerprint density at radius 1 is 1.15 bits per heavy atom. The molecule has 0 saturated carbocycles. The van der Waals surface area contributed by atoms with E-state index in [1.165, 1.54) is 18.3 Å². The second kappa shape index (κ2) is 10.1. The van der Waals surface area contributed by atoms with Crippen molar-refractivity contribution in [2.24, 2.45) is 0 Å². The lowest BCUT2D eigenvalue weighted by Gasteiger charge is -2.24. The summed E-state index contributed by atoms with van der Waals surface area (Å²) < 4.78 is 56.6. The summed E-state index contributed by atoms with van der Waals surface area (Å²) in [6.07, 6.45) is -4.19. The maximum absolute atomic E-state index is 14.2. The highest BCUT2D eigenvalue weighted by Crippen LogP contribution is 2.33. The number of alkyl halides is 3. The molecule has 9 nitrogen and oxygen atoms in total. The third-order valence-electron chi connectivity index (χ3n) is 4.32. The Labute approximate surface area is 188 Å². The van der Waals surface area contributed by atoms with Gasteiger partial charge in [0.2, 0.25) is 5.91 Å². The molecule has 1 aliphatic heterocycles. The summed E-state index contributed by atoms with van der Waals surface area (Å²) in [5.74, 6) is -6.66. The summed E-state index contributed by atoms with van der Waals surface area (Å²) in [7, 11) is 0. The van der Waals surface area contributed by atoms with Gasteiger partial charge in [-0.25, -0.2) is 14.2 Å². The van der Waals surface area contributed by atoms with Gasteiger partial charge in [-0.05, 0) is 18.2 Å². The third kappa shape index (κ3) is 6.37. The molecule has 14 heteroatoms. The maximum atomic E-state index is 14.2. The molecule has 1 unspecified atom stereocenters. The number of ether oxygens (including phenoxy) is 1. The summed E-state index contributed by atoms with van der Waals surface area (Å²) in [5, 5.41) is 10.6. The maximum Gasteiger partial charge on any atom is 0.491 e. The number of rotatable bonds is 5. The molecule has 1 atom stereocenters. The quantitative estimate of drug-likeness (QED) is 0.288. The Hall–Kier alpha value is -3.29. The molecule has 1 aliphatic rings. The number of carbonyl (C=O) groups excluding carboxylic acids is 3. The number of esters is 1. The second-order valence-corrected chi connectivity index (χ2v) is 7.17. The van der Waals surface area contributed by atoms with Crippen LogP contribution in [0.4, 0.5) is 29.1 Å². The van der Waals surface area contributed by atoms with Gasteiger partial charge in [0.15, 0.2) is 5.75 Å². The third-order valence-corrected chi connectivity index (χ3v) is 4.54. The topological polar surface area (TPSA) is 121 Å². The van der Waals surface area contributed by atoms with Crippen LogP contribution in [0, 0.1) is 5.82 Å². The van der Waals surface area contributed by atoms with Crippen molar-refractivity contribution in [3.63, 3.8) is 0 Å². The zero-order valence-electron chi connectivity index (χ0n) is 16.6. The van der Waals surface area contributed by atoms with E-state index in [2.05, 4.69) is 31.0 Å². The van der Waals surface area contributed by atoms with Gasteiger partial charge in [-0.1, -0.05) is 11.6 Å². The first-order valence-electron chi connectivity index (χ1n) is 9.35. The molecule has 1 saturated heterocycles. The van der Waals surface area contributed by atoms with Crippen LogP contribution in [0.5, 0.6) is 5.75 Å². The molecule has 0 aliphatic carbocycles. The summed E-state index contributed by atoms with van der Waals surface area (Å²) in [6.45, 7) is 1.18. The van der Waals surface area contributed by atoms with Crippen LogP contribution in [-0.4, -0.2) is 54.6 Å². The monoisotopic (exact) mass is 489 g/mol. The lowest BCUT2D eigenvalue weighted by Crippen LogP contribution is -2.54. The Bertz CT molecular complexity index is 1060. The standard InChI is InChI=1S/C19H16ClF4N5O4/c20-9-1-2-14(27-7-9)28-16(30)11-5-10(21)6-13(33-18(32)19(22,23)24)15(11)29-17(31)12-8-25-3-4-26-12/h1-2,5-7,12,25-26H,3-4,8H2,(H,29,31)(H,27,28,30). The Morgan fingerprint density at radius 2 is 1.91 bits per heavy atom. The van der Waals surface area contributed by atoms with E-state index in [9.17, 15) is 31.9 Å². The first-order chi connectivity index (χ1) is 15.5. The van der Waals surface area contributed by atoms with E-state index in [4.69, 9.17) is 11.6 Å². The van der Waals surface area contributed by atoms with Crippen molar-refractivity contribution in [2.45, 2.75) is 12.2 Å². The van der Waals surface area contributed by atoms with Crippen LogP contribution in [0.1, 0.15) is 10.4 Å². The van der Waals surface area contributed by atoms with Gasteiger partial charge < -0.3 is 26.0 Å². The molecule has 33 heavy (non-hydrogen) atoms. The minimum Gasteiger partial charge on any atom is -0.417 e. The van der Waals surface area contributed by atoms with Crippen LogP contribution >= 0.6 is 11.6 Å². The summed E-state index contributed by atoms with van der Waals surface area (Å²) in [4.78, 5) is 40.6. The number of amides is 2. The molecule has 2 aromatic rings. The van der Waals surface area contributed by atoms with E-state index in [1.807, 2.05) is 0 Å². The number of anilines is 2. The SMILES string of the molecule is O=C(Nc1ccc(Cl)cn1)c1cc(F)cc(OC(=O)C(F)(F)F)c1NC(=O)C1CNCCN1. The number of carbonyl (C=O) groups is 3. The van der Waals surface area contributed by atoms with Crippen molar-refractivity contribution in [1.82, 2.24) is 15.6 Å². The van der Waals surface area contributed by atoms with E-state index in [1.54, 1.807) is 0 Å². The van der Waals surface area contributed by atoms with Crippen LogP contribution in [0.25, 0.3) is 0 Å². The van der Waals surface area contributed by atoms with Crippen molar-refractivity contribution in [3.05, 3.63) is 46.9 Å². The number of hydrogen-bond acceptors (Lipinski definition) is 7. The molecule has 0 radical (unpaired) electrons. The lowest BCUT2D eigenvalue weighted by atomic mass is 10.1. The van der Waals surface area contributed by atoms with E-state index < -0.39 is 52.8 Å². The molecule has 1 aromatic heterocycles. The van der Waals surface area contributed by atoms with Crippen LogP contribution < -0.4 is 26.0 Å². The van der Waals surface area contributed by atoms with E-state index in [-0.39, 0.29) is 17.4 Å². The van der Waals surface area contributed by atoms with E-state index in [0.29, 0.717) is 25.2 Å². The average Bonchev–Trinajstić information content (AvgIpc) is 2.76. The van der Waals surface area contributed by atoms with Gasteiger partial charge in [-0.3, -0.25) is 9.59 Å². The normalized spacial score (nSPS) is 16.1. The van der Waals surface area contributed by atoms with Gasteiger partial charge in [0, 0.05) is 31.9 Å². The van der Waals surface area contributed by atoms with Gasteiger partial charge in [-0.15, -0.1) is 0 Å².